The molecule has 2 atom stereocenters. The monoisotopic (exact) mass is 212 g/mol. The fraction of sp³-hybridized carbons (Fsp3) is 0.818. The first-order valence-corrected chi connectivity index (χ1v) is 5.19. The summed E-state index contributed by atoms with van der Waals surface area (Å²) in [5.74, 6) is 0.234. The predicted octanol–water partition coefficient (Wildman–Crippen LogP) is 1.32. The lowest BCUT2D eigenvalue weighted by molar-refractivity contribution is -0.122. The second-order valence-electron chi connectivity index (χ2n) is 4.18. The molecule has 0 aromatic rings. The van der Waals surface area contributed by atoms with Gasteiger partial charge < -0.3 is 10.1 Å². The third-order valence-electron chi connectivity index (χ3n) is 2.11. The van der Waals surface area contributed by atoms with Crippen molar-refractivity contribution in [2.45, 2.75) is 33.2 Å². The highest BCUT2D eigenvalue weighted by atomic mass is 16.5. The maximum Gasteiger partial charge on any atom is 0.221 e. The standard InChI is InChI=1S/C11H20N2O2/c1-8(2)10(6-12)13-11(14)5-9(3)7-15-4/h8-10H,5,7H2,1-4H3,(H,13,14). The van der Waals surface area contributed by atoms with Crippen LogP contribution in [-0.4, -0.2) is 25.7 Å². The minimum atomic E-state index is -0.396. The fourth-order valence-corrected chi connectivity index (χ4v) is 1.24. The van der Waals surface area contributed by atoms with E-state index in [0.717, 1.165) is 0 Å². The second-order valence-corrected chi connectivity index (χ2v) is 4.18. The molecule has 86 valence electrons. The van der Waals surface area contributed by atoms with Crippen LogP contribution in [0.15, 0.2) is 0 Å². The van der Waals surface area contributed by atoms with Gasteiger partial charge >= 0.3 is 0 Å². The molecule has 15 heavy (non-hydrogen) atoms. The summed E-state index contributed by atoms with van der Waals surface area (Å²) >= 11 is 0. The Kier molecular flexibility index (Phi) is 6.72. The molecule has 0 spiro atoms. The molecule has 0 aromatic carbocycles. The van der Waals surface area contributed by atoms with Crippen molar-refractivity contribution in [3.8, 4) is 6.07 Å². The first-order chi connectivity index (χ1) is 7.01. The van der Waals surface area contributed by atoms with Crippen molar-refractivity contribution in [3.63, 3.8) is 0 Å². The number of rotatable bonds is 6. The number of nitriles is 1. The van der Waals surface area contributed by atoms with Crippen LogP contribution >= 0.6 is 0 Å². The van der Waals surface area contributed by atoms with Gasteiger partial charge in [-0.2, -0.15) is 5.26 Å². The molecule has 1 N–H and O–H groups in total. The van der Waals surface area contributed by atoms with Gasteiger partial charge in [-0.1, -0.05) is 20.8 Å². The first-order valence-electron chi connectivity index (χ1n) is 5.19. The van der Waals surface area contributed by atoms with Gasteiger partial charge in [0, 0.05) is 20.1 Å². The molecule has 1 amide bonds. The number of ether oxygens (including phenoxy) is 1. The van der Waals surface area contributed by atoms with Crippen molar-refractivity contribution >= 4 is 5.91 Å². The quantitative estimate of drug-likeness (QED) is 0.722. The van der Waals surface area contributed by atoms with E-state index in [-0.39, 0.29) is 17.7 Å². The third kappa shape index (κ3) is 6.08. The van der Waals surface area contributed by atoms with Crippen molar-refractivity contribution in [1.29, 1.82) is 5.26 Å². The molecule has 0 rings (SSSR count). The third-order valence-corrected chi connectivity index (χ3v) is 2.11. The maximum absolute atomic E-state index is 11.5. The van der Waals surface area contributed by atoms with Crippen molar-refractivity contribution in [1.82, 2.24) is 5.32 Å². The van der Waals surface area contributed by atoms with E-state index in [1.165, 1.54) is 0 Å². The van der Waals surface area contributed by atoms with Crippen LogP contribution < -0.4 is 5.32 Å². The van der Waals surface area contributed by atoms with Crippen LogP contribution in [0.1, 0.15) is 27.2 Å². The van der Waals surface area contributed by atoms with E-state index in [9.17, 15) is 4.79 Å². The Hall–Kier alpha value is -1.08. The molecule has 0 aliphatic heterocycles. The molecule has 4 nitrogen and oxygen atoms in total. The number of nitrogens with one attached hydrogen (secondary N) is 1. The molecule has 0 aromatic heterocycles. The Bertz CT molecular complexity index is 233. The van der Waals surface area contributed by atoms with Crippen LogP contribution in [-0.2, 0) is 9.53 Å². The Morgan fingerprint density at radius 2 is 2.07 bits per heavy atom. The van der Waals surface area contributed by atoms with E-state index >= 15 is 0 Å². The molecular formula is C11H20N2O2. The van der Waals surface area contributed by atoms with E-state index < -0.39 is 6.04 Å². The number of hydrogen-bond donors (Lipinski definition) is 1. The van der Waals surface area contributed by atoms with Crippen molar-refractivity contribution in [3.05, 3.63) is 0 Å². The van der Waals surface area contributed by atoms with Gasteiger partial charge in [0.1, 0.15) is 6.04 Å². The van der Waals surface area contributed by atoms with E-state index in [1.54, 1.807) is 7.11 Å². The van der Waals surface area contributed by atoms with Gasteiger partial charge in [0.25, 0.3) is 0 Å². The molecule has 4 heteroatoms. The maximum atomic E-state index is 11.5. The highest BCUT2D eigenvalue weighted by Crippen LogP contribution is 2.04. The van der Waals surface area contributed by atoms with Crippen molar-refractivity contribution in [2.75, 3.05) is 13.7 Å². The van der Waals surface area contributed by atoms with Crippen LogP contribution in [0, 0.1) is 23.2 Å². The minimum Gasteiger partial charge on any atom is -0.384 e. The molecule has 0 saturated heterocycles. The Labute approximate surface area is 91.6 Å². The largest absolute Gasteiger partial charge is 0.384 e. The summed E-state index contributed by atoms with van der Waals surface area (Å²) < 4.78 is 4.94. The lowest BCUT2D eigenvalue weighted by Crippen LogP contribution is -2.38. The number of nitrogens with zero attached hydrogens (tertiary/aromatic N) is 1. The highest BCUT2D eigenvalue weighted by Gasteiger charge is 2.16. The van der Waals surface area contributed by atoms with Crippen LogP contribution in [0.25, 0.3) is 0 Å². The summed E-state index contributed by atoms with van der Waals surface area (Å²) in [5, 5.41) is 11.5. The van der Waals surface area contributed by atoms with Gasteiger partial charge in [0.15, 0.2) is 0 Å². The zero-order chi connectivity index (χ0) is 11.8. The molecule has 2 unspecified atom stereocenters. The molecule has 0 aliphatic carbocycles. The molecule has 0 bridgehead atoms. The number of hydrogen-bond acceptors (Lipinski definition) is 3. The average Bonchev–Trinajstić information content (AvgIpc) is 2.13. The SMILES string of the molecule is COCC(C)CC(=O)NC(C#N)C(C)C. The van der Waals surface area contributed by atoms with Crippen LogP contribution in [0.2, 0.25) is 0 Å². The molecule has 0 radical (unpaired) electrons. The smallest absolute Gasteiger partial charge is 0.221 e. The zero-order valence-corrected chi connectivity index (χ0v) is 9.91. The topological polar surface area (TPSA) is 62.1 Å². The number of amides is 1. The molecule has 0 fully saturated rings. The van der Waals surface area contributed by atoms with E-state index in [0.29, 0.717) is 13.0 Å². The van der Waals surface area contributed by atoms with Crippen LogP contribution in [0.5, 0.6) is 0 Å². The minimum absolute atomic E-state index is 0.0835. The van der Waals surface area contributed by atoms with Crippen LogP contribution in [0.4, 0.5) is 0 Å². The molecule has 0 aliphatic rings. The molecular weight excluding hydrogens is 192 g/mol. The second kappa shape index (κ2) is 7.24. The van der Waals surface area contributed by atoms with Gasteiger partial charge in [0.2, 0.25) is 5.91 Å². The van der Waals surface area contributed by atoms with E-state index in [4.69, 9.17) is 10.00 Å². The first kappa shape index (κ1) is 13.9. The number of carbonyl (C=O) groups excluding carboxylic acids is 1. The fourth-order valence-electron chi connectivity index (χ4n) is 1.24. The number of methoxy groups -OCH3 is 1. The summed E-state index contributed by atoms with van der Waals surface area (Å²) in [6, 6.07) is 1.68. The summed E-state index contributed by atoms with van der Waals surface area (Å²) in [6.45, 7) is 6.33. The van der Waals surface area contributed by atoms with E-state index in [1.807, 2.05) is 20.8 Å². The highest BCUT2D eigenvalue weighted by molar-refractivity contribution is 5.76. The van der Waals surface area contributed by atoms with Gasteiger partial charge in [-0.25, -0.2) is 0 Å². The zero-order valence-electron chi connectivity index (χ0n) is 9.91. The van der Waals surface area contributed by atoms with Crippen molar-refractivity contribution in [2.24, 2.45) is 11.8 Å². The van der Waals surface area contributed by atoms with Gasteiger partial charge in [0.05, 0.1) is 6.07 Å². The lowest BCUT2D eigenvalue weighted by Gasteiger charge is -2.16. The van der Waals surface area contributed by atoms with E-state index in [2.05, 4.69) is 11.4 Å². The Balaban J connectivity index is 3.97. The predicted molar refractivity (Wildman–Crippen MR) is 58.0 cm³/mol. The van der Waals surface area contributed by atoms with Gasteiger partial charge in [-0.15, -0.1) is 0 Å². The van der Waals surface area contributed by atoms with Gasteiger partial charge in [-0.3, -0.25) is 4.79 Å². The molecule has 0 saturated carbocycles. The summed E-state index contributed by atoms with van der Waals surface area (Å²) in [4.78, 5) is 11.5. The average molecular weight is 212 g/mol. The van der Waals surface area contributed by atoms with Gasteiger partial charge in [-0.05, 0) is 11.8 Å². The number of carbonyl (C=O) groups is 1. The summed E-state index contributed by atoms with van der Waals surface area (Å²) in [7, 11) is 1.61. The summed E-state index contributed by atoms with van der Waals surface area (Å²) in [6.07, 6.45) is 0.402. The molecule has 0 heterocycles. The lowest BCUT2D eigenvalue weighted by atomic mass is 10.0. The summed E-state index contributed by atoms with van der Waals surface area (Å²) in [5.41, 5.74) is 0. The van der Waals surface area contributed by atoms with Crippen LogP contribution in [0.3, 0.4) is 0 Å². The Morgan fingerprint density at radius 1 is 1.47 bits per heavy atom. The normalized spacial score (nSPS) is 14.4. The van der Waals surface area contributed by atoms with Crippen molar-refractivity contribution < 1.29 is 9.53 Å². The Morgan fingerprint density at radius 3 is 2.47 bits per heavy atom.